The van der Waals surface area contributed by atoms with Crippen LogP contribution >= 0.6 is 0 Å². The van der Waals surface area contributed by atoms with Gasteiger partial charge in [0.25, 0.3) is 0 Å². The van der Waals surface area contributed by atoms with E-state index in [0.29, 0.717) is 45.0 Å². The Balaban J connectivity index is 1.52. The van der Waals surface area contributed by atoms with Gasteiger partial charge in [-0.05, 0) is 37.6 Å². The van der Waals surface area contributed by atoms with Crippen LogP contribution in [0.2, 0.25) is 0 Å². The molecule has 9 heteroatoms. The fourth-order valence-corrected chi connectivity index (χ4v) is 3.61. The molecule has 1 saturated heterocycles. The van der Waals surface area contributed by atoms with Gasteiger partial charge in [0.1, 0.15) is 23.9 Å². The lowest BCUT2D eigenvalue weighted by molar-refractivity contribution is -0.128. The number of halogens is 2. The Hall–Kier alpha value is -3.23. The van der Waals surface area contributed by atoms with Gasteiger partial charge in [-0.15, -0.1) is 0 Å². The van der Waals surface area contributed by atoms with Crippen molar-refractivity contribution in [3.8, 4) is 0 Å². The van der Waals surface area contributed by atoms with Crippen LogP contribution in [0.5, 0.6) is 0 Å². The zero-order valence-corrected chi connectivity index (χ0v) is 18.5. The molecule has 0 spiro atoms. The van der Waals surface area contributed by atoms with Crippen LogP contribution in [-0.2, 0) is 11.2 Å². The van der Waals surface area contributed by atoms with Gasteiger partial charge in [-0.3, -0.25) is 9.78 Å². The quantitative estimate of drug-likeness (QED) is 0.483. The predicted molar refractivity (Wildman–Crippen MR) is 122 cm³/mol. The van der Waals surface area contributed by atoms with E-state index in [2.05, 4.69) is 20.6 Å². The SMILES string of the molecule is CCNC(=NCC(=O)N(C)CCc1ccccn1)NC1CCN(c2c(F)cccc2F)C1. The van der Waals surface area contributed by atoms with E-state index in [1.54, 1.807) is 23.0 Å². The summed E-state index contributed by atoms with van der Waals surface area (Å²) in [7, 11) is 1.75. The van der Waals surface area contributed by atoms with Crippen molar-refractivity contribution in [3.63, 3.8) is 0 Å². The van der Waals surface area contributed by atoms with Crippen molar-refractivity contribution in [2.45, 2.75) is 25.8 Å². The van der Waals surface area contributed by atoms with Gasteiger partial charge >= 0.3 is 0 Å². The zero-order chi connectivity index (χ0) is 22.9. The maximum Gasteiger partial charge on any atom is 0.244 e. The Bertz CT molecular complexity index is 904. The third kappa shape index (κ3) is 6.38. The molecule has 172 valence electrons. The smallest absolute Gasteiger partial charge is 0.244 e. The third-order valence-electron chi connectivity index (χ3n) is 5.35. The van der Waals surface area contributed by atoms with E-state index in [0.717, 1.165) is 5.69 Å². The Labute approximate surface area is 187 Å². The number of carbonyl (C=O) groups is 1. The first-order valence-electron chi connectivity index (χ1n) is 10.9. The molecule has 2 aromatic rings. The minimum absolute atomic E-state index is 0.00319. The first kappa shape index (κ1) is 23.4. The van der Waals surface area contributed by atoms with Crippen molar-refractivity contribution < 1.29 is 13.6 Å². The van der Waals surface area contributed by atoms with Crippen LogP contribution < -0.4 is 15.5 Å². The molecule has 0 radical (unpaired) electrons. The molecule has 2 N–H and O–H groups in total. The lowest BCUT2D eigenvalue weighted by Gasteiger charge is -2.21. The number of likely N-dealkylation sites (N-methyl/N-ethyl adjacent to an activating group) is 1. The molecule has 1 aliphatic heterocycles. The highest BCUT2D eigenvalue weighted by atomic mass is 19.1. The van der Waals surface area contributed by atoms with Gasteiger partial charge in [-0.1, -0.05) is 12.1 Å². The van der Waals surface area contributed by atoms with Crippen LogP contribution in [0.25, 0.3) is 0 Å². The van der Waals surface area contributed by atoms with Crippen molar-refractivity contribution in [1.82, 2.24) is 20.5 Å². The molecular formula is C23H30F2N6O. The minimum Gasteiger partial charge on any atom is -0.365 e. The number of hydrogen-bond acceptors (Lipinski definition) is 4. The predicted octanol–water partition coefficient (Wildman–Crippen LogP) is 2.19. The molecule has 1 fully saturated rings. The van der Waals surface area contributed by atoms with Gasteiger partial charge in [-0.2, -0.15) is 0 Å². The number of pyridine rings is 1. The maximum atomic E-state index is 14.1. The molecule has 1 aromatic heterocycles. The number of guanidine groups is 1. The average molecular weight is 445 g/mol. The Kier molecular flexibility index (Phi) is 8.35. The fourth-order valence-electron chi connectivity index (χ4n) is 3.61. The minimum atomic E-state index is -0.564. The summed E-state index contributed by atoms with van der Waals surface area (Å²) >= 11 is 0. The molecule has 1 aromatic carbocycles. The van der Waals surface area contributed by atoms with Gasteiger partial charge in [0.05, 0.1) is 0 Å². The highest BCUT2D eigenvalue weighted by molar-refractivity contribution is 5.85. The average Bonchev–Trinajstić information content (AvgIpc) is 3.24. The number of benzene rings is 1. The molecule has 0 aliphatic carbocycles. The number of rotatable bonds is 8. The monoisotopic (exact) mass is 444 g/mol. The van der Waals surface area contributed by atoms with Gasteiger partial charge in [-0.25, -0.2) is 13.8 Å². The molecular weight excluding hydrogens is 414 g/mol. The summed E-state index contributed by atoms with van der Waals surface area (Å²) in [4.78, 5) is 24.5. The summed E-state index contributed by atoms with van der Waals surface area (Å²) in [5.74, 6) is -0.712. The van der Waals surface area contributed by atoms with Crippen LogP contribution in [0, 0.1) is 11.6 Å². The van der Waals surface area contributed by atoms with Crippen molar-refractivity contribution in [2.24, 2.45) is 4.99 Å². The van der Waals surface area contributed by atoms with Crippen molar-refractivity contribution >= 4 is 17.6 Å². The summed E-state index contributed by atoms with van der Waals surface area (Å²) in [5, 5.41) is 6.41. The van der Waals surface area contributed by atoms with Crippen molar-refractivity contribution in [2.75, 3.05) is 44.7 Å². The molecule has 2 heterocycles. The number of amides is 1. The van der Waals surface area contributed by atoms with Gasteiger partial charge in [0.2, 0.25) is 5.91 Å². The molecule has 1 aliphatic rings. The molecule has 1 atom stereocenters. The fraction of sp³-hybridized carbons (Fsp3) is 0.435. The normalized spacial score (nSPS) is 16.2. The third-order valence-corrected chi connectivity index (χ3v) is 5.35. The van der Waals surface area contributed by atoms with Crippen LogP contribution in [-0.4, -0.2) is 67.6 Å². The van der Waals surface area contributed by atoms with Crippen LogP contribution in [0.1, 0.15) is 19.0 Å². The van der Waals surface area contributed by atoms with Crippen LogP contribution in [0.3, 0.4) is 0 Å². The molecule has 1 amide bonds. The molecule has 7 nitrogen and oxygen atoms in total. The Morgan fingerprint density at radius 1 is 1.25 bits per heavy atom. The number of nitrogens with zero attached hydrogens (tertiary/aromatic N) is 4. The topological polar surface area (TPSA) is 72.9 Å². The second-order valence-corrected chi connectivity index (χ2v) is 7.73. The van der Waals surface area contributed by atoms with E-state index in [9.17, 15) is 13.6 Å². The van der Waals surface area contributed by atoms with Gasteiger partial charge in [0.15, 0.2) is 5.96 Å². The van der Waals surface area contributed by atoms with Crippen LogP contribution in [0.15, 0.2) is 47.6 Å². The van der Waals surface area contributed by atoms with E-state index in [4.69, 9.17) is 0 Å². The number of carbonyl (C=O) groups excluding carboxylic acids is 1. The van der Waals surface area contributed by atoms with Crippen molar-refractivity contribution in [1.29, 1.82) is 0 Å². The lowest BCUT2D eigenvalue weighted by Crippen LogP contribution is -2.45. The second-order valence-electron chi connectivity index (χ2n) is 7.73. The number of aromatic nitrogens is 1. The molecule has 3 rings (SSSR count). The van der Waals surface area contributed by atoms with Gasteiger partial charge < -0.3 is 20.4 Å². The molecule has 0 bridgehead atoms. The highest BCUT2D eigenvalue weighted by Gasteiger charge is 2.27. The Morgan fingerprint density at radius 3 is 2.72 bits per heavy atom. The first-order valence-corrected chi connectivity index (χ1v) is 10.9. The number of nitrogens with one attached hydrogen (secondary N) is 2. The van der Waals surface area contributed by atoms with Gasteiger partial charge in [0, 0.05) is 57.6 Å². The standard InChI is InChI=1S/C23H30F2N6O/c1-3-26-23(28-15-21(32)30(2)13-10-17-7-4-5-12-27-17)29-18-11-14-31(16-18)22-19(24)8-6-9-20(22)25/h4-9,12,18H,3,10-11,13-16H2,1-2H3,(H2,26,28,29). The number of anilines is 1. The molecule has 0 saturated carbocycles. The largest absolute Gasteiger partial charge is 0.365 e. The number of aliphatic imine (C=N–C) groups is 1. The van der Waals surface area contributed by atoms with E-state index in [1.165, 1.54) is 18.2 Å². The summed E-state index contributed by atoms with van der Waals surface area (Å²) in [6.45, 7) is 4.11. The number of para-hydroxylation sites is 1. The summed E-state index contributed by atoms with van der Waals surface area (Å²) in [6, 6.07) is 9.57. The maximum absolute atomic E-state index is 14.1. The summed E-state index contributed by atoms with van der Waals surface area (Å²) in [5.41, 5.74) is 0.936. The molecule has 32 heavy (non-hydrogen) atoms. The van der Waals surface area contributed by atoms with Crippen LogP contribution in [0.4, 0.5) is 14.5 Å². The molecule has 1 unspecified atom stereocenters. The number of hydrogen-bond donors (Lipinski definition) is 2. The van der Waals surface area contributed by atoms with Crippen molar-refractivity contribution in [3.05, 3.63) is 59.9 Å². The Morgan fingerprint density at radius 2 is 2.03 bits per heavy atom. The lowest BCUT2D eigenvalue weighted by atomic mass is 10.2. The van der Waals surface area contributed by atoms with E-state index < -0.39 is 11.6 Å². The highest BCUT2D eigenvalue weighted by Crippen LogP contribution is 2.26. The zero-order valence-electron chi connectivity index (χ0n) is 18.5. The second kappa shape index (κ2) is 11.4. The summed E-state index contributed by atoms with van der Waals surface area (Å²) < 4.78 is 28.2. The van der Waals surface area contributed by atoms with E-state index >= 15 is 0 Å². The summed E-state index contributed by atoms with van der Waals surface area (Å²) in [6.07, 6.45) is 3.12. The van der Waals surface area contributed by atoms with E-state index in [-0.39, 0.29) is 24.2 Å². The first-order chi connectivity index (χ1) is 15.5. The van der Waals surface area contributed by atoms with E-state index in [1.807, 2.05) is 25.1 Å².